The van der Waals surface area contributed by atoms with Crippen molar-refractivity contribution in [2.24, 2.45) is 0 Å². The maximum absolute atomic E-state index is 8.86. The molecule has 0 fully saturated rings. The van der Waals surface area contributed by atoms with E-state index >= 15 is 0 Å². The fourth-order valence-electron chi connectivity index (χ4n) is 1.72. The van der Waals surface area contributed by atoms with Gasteiger partial charge in [-0.25, -0.2) is 9.50 Å². The molecule has 5 nitrogen and oxygen atoms in total. The van der Waals surface area contributed by atoms with Crippen LogP contribution in [-0.2, 0) is 6.42 Å². The summed E-state index contributed by atoms with van der Waals surface area (Å²) in [6, 6.07) is 7.43. The number of rotatable bonds is 3. The molecule has 0 radical (unpaired) electrons. The van der Waals surface area contributed by atoms with Crippen molar-refractivity contribution >= 4 is 5.65 Å². The molecule has 0 saturated heterocycles. The second kappa shape index (κ2) is 4.03. The van der Waals surface area contributed by atoms with E-state index in [1.165, 1.54) is 0 Å². The van der Waals surface area contributed by atoms with Crippen LogP contribution >= 0.6 is 0 Å². The second-order valence-corrected chi connectivity index (χ2v) is 3.70. The van der Waals surface area contributed by atoms with Gasteiger partial charge in [-0.05, 0) is 24.3 Å². The zero-order valence-electron chi connectivity index (χ0n) is 9.08. The van der Waals surface area contributed by atoms with Crippen molar-refractivity contribution in [1.29, 1.82) is 0 Å². The van der Waals surface area contributed by atoms with Gasteiger partial charge >= 0.3 is 0 Å². The quantitative estimate of drug-likeness (QED) is 0.739. The largest absolute Gasteiger partial charge is 0.463 e. The van der Waals surface area contributed by atoms with Gasteiger partial charge in [-0.15, -0.1) is 0 Å². The van der Waals surface area contributed by atoms with Crippen LogP contribution in [0.2, 0.25) is 0 Å². The zero-order chi connectivity index (χ0) is 11.7. The molecule has 0 bridgehead atoms. The molecule has 0 aromatic carbocycles. The van der Waals surface area contributed by atoms with Crippen molar-refractivity contribution in [3.8, 4) is 11.5 Å². The maximum atomic E-state index is 8.86. The lowest BCUT2D eigenvalue weighted by atomic mass is 10.3. The van der Waals surface area contributed by atoms with Gasteiger partial charge in [-0.3, -0.25) is 0 Å². The van der Waals surface area contributed by atoms with Crippen molar-refractivity contribution in [2.45, 2.75) is 6.42 Å². The first kappa shape index (κ1) is 10.0. The van der Waals surface area contributed by atoms with E-state index in [2.05, 4.69) is 10.1 Å². The Morgan fingerprint density at radius 3 is 3.00 bits per heavy atom. The zero-order valence-corrected chi connectivity index (χ0v) is 9.08. The molecule has 0 amide bonds. The molecule has 0 aliphatic heterocycles. The van der Waals surface area contributed by atoms with Crippen molar-refractivity contribution in [2.75, 3.05) is 6.61 Å². The van der Waals surface area contributed by atoms with Gasteiger partial charge in [0.15, 0.2) is 11.4 Å². The molecule has 86 valence electrons. The highest BCUT2D eigenvalue weighted by Gasteiger charge is 2.06. The van der Waals surface area contributed by atoms with Crippen LogP contribution < -0.4 is 0 Å². The molecule has 0 aliphatic carbocycles. The normalized spacial score (nSPS) is 11.1. The van der Waals surface area contributed by atoms with Crippen molar-refractivity contribution in [3.05, 3.63) is 42.4 Å². The Morgan fingerprint density at radius 2 is 2.24 bits per heavy atom. The minimum absolute atomic E-state index is 0.0922. The summed E-state index contributed by atoms with van der Waals surface area (Å²) >= 11 is 0. The molecule has 5 heteroatoms. The number of imidazole rings is 1. The van der Waals surface area contributed by atoms with Gasteiger partial charge < -0.3 is 9.52 Å². The van der Waals surface area contributed by atoms with Crippen molar-refractivity contribution in [3.63, 3.8) is 0 Å². The van der Waals surface area contributed by atoms with Crippen molar-refractivity contribution < 1.29 is 9.52 Å². The minimum atomic E-state index is 0.0922. The molecule has 0 aliphatic rings. The summed E-state index contributed by atoms with van der Waals surface area (Å²) in [5.74, 6) is 0.726. The Balaban J connectivity index is 2.06. The van der Waals surface area contributed by atoms with Crippen LogP contribution in [0.4, 0.5) is 0 Å². The van der Waals surface area contributed by atoms with E-state index in [1.54, 1.807) is 10.8 Å². The Morgan fingerprint density at radius 1 is 1.29 bits per heavy atom. The third-order valence-corrected chi connectivity index (χ3v) is 2.51. The first-order valence-electron chi connectivity index (χ1n) is 5.37. The Bertz CT molecular complexity index is 628. The van der Waals surface area contributed by atoms with Gasteiger partial charge in [0.05, 0.1) is 18.2 Å². The lowest BCUT2D eigenvalue weighted by molar-refractivity contribution is 0.298. The Labute approximate surface area is 97.3 Å². The Hall–Kier alpha value is -2.14. The molecule has 0 atom stereocenters. The smallest absolute Gasteiger partial charge is 0.154 e. The second-order valence-electron chi connectivity index (χ2n) is 3.70. The molecule has 1 N–H and O–H groups in total. The van der Waals surface area contributed by atoms with E-state index in [0.717, 1.165) is 22.8 Å². The van der Waals surface area contributed by atoms with Crippen molar-refractivity contribution in [1.82, 2.24) is 14.6 Å². The van der Waals surface area contributed by atoms with E-state index in [-0.39, 0.29) is 6.61 Å². The Kier molecular flexibility index (Phi) is 2.38. The van der Waals surface area contributed by atoms with E-state index in [4.69, 9.17) is 9.52 Å². The van der Waals surface area contributed by atoms with Crippen LogP contribution in [0.5, 0.6) is 0 Å². The topological polar surface area (TPSA) is 63.6 Å². The average Bonchev–Trinajstić information content (AvgIpc) is 2.96. The molecule has 3 rings (SSSR count). The van der Waals surface area contributed by atoms with Gasteiger partial charge in [0.2, 0.25) is 0 Å². The van der Waals surface area contributed by atoms with Gasteiger partial charge in [0.1, 0.15) is 5.69 Å². The number of nitrogens with zero attached hydrogens (tertiary/aromatic N) is 3. The SMILES string of the molecule is OCCc1cn2nc(-c3ccco3)ccc2n1. The number of aromatic nitrogens is 3. The number of fused-ring (bicyclic) bond motifs is 1. The lowest BCUT2D eigenvalue weighted by Crippen LogP contribution is -1.92. The molecular formula is C12H11N3O2. The van der Waals surface area contributed by atoms with E-state index in [1.807, 2.05) is 30.5 Å². The molecule has 3 heterocycles. The molecule has 0 spiro atoms. The minimum Gasteiger partial charge on any atom is -0.463 e. The maximum Gasteiger partial charge on any atom is 0.154 e. The summed E-state index contributed by atoms with van der Waals surface area (Å²) < 4.78 is 6.98. The third kappa shape index (κ3) is 1.81. The van der Waals surface area contributed by atoms with Crippen LogP contribution in [0.3, 0.4) is 0 Å². The lowest BCUT2D eigenvalue weighted by Gasteiger charge is -1.96. The molecular weight excluding hydrogens is 218 g/mol. The molecule has 17 heavy (non-hydrogen) atoms. The van der Waals surface area contributed by atoms with E-state index in [9.17, 15) is 0 Å². The predicted octanol–water partition coefficient (Wildman–Crippen LogP) is 1.52. The van der Waals surface area contributed by atoms with Gasteiger partial charge in [-0.2, -0.15) is 5.10 Å². The van der Waals surface area contributed by atoms with Crippen LogP contribution in [0.25, 0.3) is 17.1 Å². The summed E-state index contributed by atoms with van der Waals surface area (Å²) in [5.41, 5.74) is 2.36. The van der Waals surface area contributed by atoms with E-state index in [0.29, 0.717) is 6.42 Å². The highest BCUT2D eigenvalue weighted by Crippen LogP contribution is 2.17. The first-order chi connectivity index (χ1) is 8.36. The molecule has 3 aromatic rings. The number of aliphatic hydroxyl groups excluding tert-OH is 1. The molecule has 0 saturated carbocycles. The standard InChI is InChI=1S/C12H11N3O2/c16-6-5-9-8-15-12(13-9)4-3-10(14-15)11-2-1-7-17-11/h1-4,7-8,16H,5-6H2. The summed E-state index contributed by atoms with van der Waals surface area (Å²) in [6.07, 6.45) is 3.98. The molecule has 0 unspecified atom stereocenters. The van der Waals surface area contributed by atoms with Gasteiger partial charge in [0, 0.05) is 13.0 Å². The van der Waals surface area contributed by atoms with Gasteiger partial charge in [0.25, 0.3) is 0 Å². The number of furan rings is 1. The number of hydrogen-bond acceptors (Lipinski definition) is 4. The third-order valence-electron chi connectivity index (χ3n) is 2.51. The fourth-order valence-corrected chi connectivity index (χ4v) is 1.72. The summed E-state index contributed by atoms with van der Waals surface area (Å²) in [5, 5.41) is 13.3. The average molecular weight is 229 g/mol. The van der Waals surface area contributed by atoms with Crippen LogP contribution in [-0.4, -0.2) is 26.3 Å². The fraction of sp³-hybridized carbons (Fsp3) is 0.167. The summed E-state index contributed by atoms with van der Waals surface area (Å²) in [6.45, 7) is 0.0922. The van der Waals surface area contributed by atoms with Gasteiger partial charge in [-0.1, -0.05) is 0 Å². The summed E-state index contributed by atoms with van der Waals surface area (Å²) in [7, 11) is 0. The van der Waals surface area contributed by atoms with E-state index < -0.39 is 0 Å². The summed E-state index contributed by atoms with van der Waals surface area (Å²) in [4.78, 5) is 4.33. The molecule has 3 aromatic heterocycles. The highest BCUT2D eigenvalue weighted by molar-refractivity contribution is 5.54. The number of aliphatic hydroxyl groups is 1. The highest BCUT2D eigenvalue weighted by atomic mass is 16.3. The monoisotopic (exact) mass is 229 g/mol. The van der Waals surface area contributed by atoms with Crippen LogP contribution in [0, 0.1) is 0 Å². The predicted molar refractivity (Wildman–Crippen MR) is 61.5 cm³/mol. The van der Waals surface area contributed by atoms with Crippen LogP contribution in [0.15, 0.2) is 41.1 Å². The number of hydrogen-bond donors (Lipinski definition) is 1. The first-order valence-corrected chi connectivity index (χ1v) is 5.37. The van der Waals surface area contributed by atoms with Crippen LogP contribution in [0.1, 0.15) is 5.69 Å².